The Morgan fingerprint density at radius 2 is 2.16 bits per heavy atom. The molecule has 5 heteroatoms. The van der Waals surface area contributed by atoms with Gasteiger partial charge in [-0.3, -0.25) is 9.48 Å². The summed E-state index contributed by atoms with van der Waals surface area (Å²) in [5.74, 6) is 0.140. The number of hydrogen-bond acceptors (Lipinski definition) is 3. The topological polar surface area (TPSA) is 58.4 Å². The van der Waals surface area contributed by atoms with E-state index >= 15 is 0 Å². The molecule has 1 aromatic carbocycles. The maximum absolute atomic E-state index is 12.4. The number of carbonyl (C=O) groups excluding carboxylic acids is 1. The van der Waals surface area contributed by atoms with E-state index in [1.165, 1.54) is 11.1 Å². The quantitative estimate of drug-likeness (QED) is 0.869. The van der Waals surface area contributed by atoms with Crippen LogP contribution in [-0.4, -0.2) is 44.9 Å². The van der Waals surface area contributed by atoms with Crippen LogP contribution in [0, 0.1) is 12.8 Å². The van der Waals surface area contributed by atoms with E-state index in [0.717, 1.165) is 18.5 Å². The van der Waals surface area contributed by atoms with Crippen molar-refractivity contribution in [1.29, 1.82) is 0 Å². The lowest BCUT2D eigenvalue weighted by Gasteiger charge is -2.35. The molecule has 1 amide bonds. The molecule has 2 atom stereocenters. The summed E-state index contributed by atoms with van der Waals surface area (Å²) in [7, 11) is 1.84. The minimum absolute atomic E-state index is 0.0606. The average Bonchev–Trinajstić information content (AvgIpc) is 3.01. The maximum atomic E-state index is 12.4. The molecule has 1 aliphatic heterocycles. The number of likely N-dealkylation sites (tertiary alicyclic amines) is 1. The van der Waals surface area contributed by atoms with Gasteiger partial charge < -0.3 is 10.0 Å². The van der Waals surface area contributed by atoms with Crippen LogP contribution < -0.4 is 0 Å². The Hall–Kier alpha value is -2.40. The lowest BCUT2D eigenvalue weighted by Crippen LogP contribution is -2.46. The molecular formula is C20H25N3O2. The summed E-state index contributed by atoms with van der Waals surface area (Å²) in [6.07, 6.45) is 6.22. The van der Waals surface area contributed by atoms with Crippen LogP contribution in [0.3, 0.4) is 0 Å². The van der Waals surface area contributed by atoms with E-state index in [1.807, 2.05) is 25.2 Å². The SMILES string of the molecule is Cc1ccccc1C[C@H]1CCN(C(=O)/C=C/c2ccnn2C)C[C@@H]1O. The van der Waals surface area contributed by atoms with Gasteiger partial charge in [-0.25, -0.2) is 0 Å². The number of carbonyl (C=O) groups is 1. The second kappa shape index (κ2) is 7.66. The molecule has 0 saturated carbocycles. The Balaban J connectivity index is 1.58. The lowest BCUT2D eigenvalue weighted by atomic mass is 9.86. The first-order chi connectivity index (χ1) is 12.0. The molecule has 1 saturated heterocycles. The van der Waals surface area contributed by atoms with Gasteiger partial charge in [0.1, 0.15) is 0 Å². The van der Waals surface area contributed by atoms with Crippen molar-refractivity contribution in [3.8, 4) is 0 Å². The van der Waals surface area contributed by atoms with Crippen LogP contribution >= 0.6 is 0 Å². The Morgan fingerprint density at radius 3 is 2.84 bits per heavy atom. The predicted octanol–water partition coefficient (Wildman–Crippen LogP) is 2.19. The van der Waals surface area contributed by atoms with Crippen molar-refractivity contribution in [2.45, 2.75) is 25.9 Å². The number of rotatable bonds is 4. The molecule has 0 aliphatic carbocycles. The van der Waals surface area contributed by atoms with Crippen LogP contribution in [-0.2, 0) is 18.3 Å². The van der Waals surface area contributed by atoms with Crippen LogP contribution in [0.5, 0.6) is 0 Å². The average molecular weight is 339 g/mol. The molecule has 2 aromatic rings. The molecule has 1 N–H and O–H groups in total. The third-order valence-corrected chi connectivity index (χ3v) is 5.03. The molecule has 1 fully saturated rings. The highest BCUT2D eigenvalue weighted by atomic mass is 16.3. The van der Waals surface area contributed by atoms with Gasteiger partial charge in [-0.1, -0.05) is 24.3 Å². The zero-order chi connectivity index (χ0) is 17.8. The molecule has 0 unspecified atom stereocenters. The number of nitrogens with zero attached hydrogens (tertiary/aromatic N) is 3. The predicted molar refractivity (Wildman–Crippen MR) is 97.8 cm³/mol. The molecule has 3 rings (SSSR count). The Labute approximate surface area is 148 Å². The van der Waals surface area contributed by atoms with Crippen LogP contribution in [0.2, 0.25) is 0 Å². The number of aliphatic hydroxyl groups excluding tert-OH is 1. The minimum Gasteiger partial charge on any atom is -0.391 e. The standard InChI is InChI=1S/C20H25N3O2/c1-15-5-3-4-6-16(15)13-17-10-12-23(14-19(17)24)20(25)8-7-18-9-11-21-22(18)2/h3-9,11,17,19,24H,10,12-14H2,1-2H3/b8-7+/t17-,19+/m1/s1. The molecule has 0 bridgehead atoms. The zero-order valence-corrected chi connectivity index (χ0v) is 14.8. The van der Waals surface area contributed by atoms with Crippen molar-refractivity contribution in [2.24, 2.45) is 13.0 Å². The number of amides is 1. The highest BCUT2D eigenvalue weighted by Gasteiger charge is 2.29. The van der Waals surface area contributed by atoms with Gasteiger partial charge in [0, 0.05) is 32.4 Å². The van der Waals surface area contributed by atoms with E-state index in [9.17, 15) is 9.90 Å². The molecule has 25 heavy (non-hydrogen) atoms. The molecular weight excluding hydrogens is 314 g/mol. The highest BCUT2D eigenvalue weighted by Crippen LogP contribution is 2.24. The van der Waals surface area contributed by atoms with E-state index in [1.54, 1.807) is 27.9 Å². The summed E-state index contributed by atoms with van der Waals surface area (Å²) in [6, 6.07) is 10.1. The summed E-state index contributed by atoms with van der Waals surface area (Å²) in [5.41, 5.74) is 3.41. The van der Waals surface area contributed by atoms with E-state index in [4.69, 9.17) is 0 Å². The summed E-state index contributed by atoms with van der Waals surface area (Å²) in [6.45, 7) is 3.18. The number of aromatic nitrogens is 2. The third kappa shape index (κ3) is 4.17. The third-order valence-electron chi connectivity index (χ3n) is 5.03. The second-order valence-electron chi connectivity index (χ2n) is 6.74. The Bertz CT molecular complexity index is 766. The second-order valence-corrected chi connectivity index (χ2v) is 6.74. The molecule has 132 valence electrons. The van der Waals surface area contributed by atoms with Crippen molar-refractivity contribution in [2.75, 3.05) is 13.1 Å². The van der Waals surface area contributed by atoms with Gasteiger partial charge in [0.15, 0.2) is 0 Å². The van der Waals surface area contributed by atoms with Crippen LogP contribution in [0.25, 0.3) is 6.08 Å². The smallest absolute Gasteiger partial charge is 0.246 e. The molecule has 0 spiro atoms. The van der Waals surface area contributed by atoms with Crippen molar-refractivity contribution in [3.05, 3.63) is 59.4 Å². The first-order valence-corrected chi connectivity index (χ1v) is 8.72. The first kappa shape index (κ1) is 17.4. The van der Waals surface area contributed by atoms with Crippen molar-refractivity contribution >= 4 is 12.0 Å². The molecule has 1 aliphatic rings. The van der Waals surface area contributed by atoms with Crippen molar-refractivity contribution in [3.63, 3.8) is 0 Å². The minimum atomic E-state index is -0.484. The number of aliphatic hydroxyl groups is 1. The normalized spacial score (nSPS) is 21.0. The van der Waals surface area contributed by atoms with E-state index in [0.29, 0.717) is 13.1 Å². The number of piperidine rings is 1. The number of benzene rings is 1. The summed E-state index contributed by atoms with van der Waals surface area (Å²) in [4.78, 5) is 14.1. The summed E-state index contributed by atoms with van der Waals surface area (Å²) >= 11 is 0. The molecule has 5 nitrogen and oxygen atoms in total. The first-order valence-electron chi connectivity index (χ1n) is 8.72. The van der Waals surface area contributed by atoms with Gasteiger partial charge in [0.2, 0.25) is 5.91 Å². The Kier molecular flexibility index (Phi) is 5.34. The highest BCUT2D eigenvalue weighted by molar-refractivity contribution is 5.91. The van der Waals surface area contributed by atoms with Gasteiger partial charge in [-0.05, 0) is 49.0 Å². The van der Waals surface area contributed by atoms with Crippen LogP contribution in [0.15, 0.2) is 42.6 Å². The van der Waals surface area contributed by atoms with E-state index in [2.05, 4.69) is 24.2 Å². The fourth-order valence-electron chi connectivity index (χ4n) is 3.35. The van der Waals surface area contributed by atoms with Gasteiger partial charge in [0.25, 0.3) is 0 Å². The van der Waals surface area contributed by atoms with Crippen molar-refractivity contribution in [1.82, 2.24) is 14.7 Å². The monoisotopic (exact) mass is 339 g/mol. The van der Waals surface area contributed by atoms with Gasteiger partial charge in [0.05, 0.1) is 11.8 Å². The van der Waals surface area contributed by atoms with Gasteiger partial charge in [-0.2, -0.15) is 5.10 Å². The summed E-state index contributed by atoms with van der Waals surface area (Å²) < 4.78 is 1.72. The van der Waals surface area contributed by atoms with Crippen LogP contribution in [0.4, 0.5) is 0 Å². The van der Waals surface area contributed by atoms with Gasteiger partial charge in [-0.15, -0.1) is 0 Å². The number of hydrogen-bond donors (Lipinski definition) is 1. The Morgan fingerprint density at radius 1 is 1.36 bits per heavy atom. The van der Waals surface area contributed by atoms with E-state index in [-0.39, 0.29) is 11.8 Å². The van der Waals surface area contributed by atoms with Crippen LogP contribution in [0.1, 0.15) is 23.2 Å². The molecule has 2 heterocycles. The largest absolute Gasteiger partial charge is 0.391 e. The molecule has 0 radical (unpaired) electrons. The lowest BCUT2D eigenvalue weighted by molar-refractivity contribution is -0.130. The van der Waals surface area contributed by atoms with Crippen molar-refractivity contribution < 1.29 is 9.90 Å². The molecule has 1 aromatic heterocycles. The van der Waals surface area contributed by atoms with E-state index < -0.39 is 6.10 Å². The summed E-state index contributed by atoms with van der Waals surface area (Å²) in [5, 5.41) is 14.6. The fraction of sp³-hybridized carbons (Fsp3) is 0.400. The number of β-amino-alcohol motifs (C(OH)–C–C–N with tert-alkyl or cyclic N) is 1. The fourth-order valence-corrected chi connectivity index (χ4v) is 3.35. The maximum Gasteiger partial charge on any atom is 0.246 e. The zero-order valence-electron chi connectivity index (χ0n) is 14.8. The van der Waals surface area contributed by atoms with Gasteiger partial charge >= 0.3 is 0 Å². The number of aryl methyl sites for hydroxylation is 2.